The van der Waals surface area contributed by atoms with E-state index >= 15 is 0 Å². The second kappa shape index (κ2) is 5.35. The smallest absolute Gasteiger partial charge is 0.191 e. The molecule has 0 aliphatic carbocycles. The van der Waals surface area contributed by atoms with E-state index in [2.05, 4.69) is 39.2 Å². The Hall–Kier alpha value is -2.95. The van der Waals surface area contributed by atoms with Crippen LogP contribution in [0.1, 0.15) is 21.5 Å². The summed E-state index contributed by atoms with van der Waals surface area (Å²) in [6, 6.07) is 9.74. The highest BCUT2D eigenvalue weighted by Gasteiger charge is 2.29. The van der Waals surface area contributed by atoms with Gasteiger partial charge >= 0.3 is 0 Å². The lowest BCUT2D eigenvalue weighted by Crippen LogP contribution is -2.36. The van der Waals surface area contributed by atoms with Gasteiger partial charge in [-0.2, -0.15) is 0 Å². The predicted molar refractivity (Wildman–Crippen MR) is 89.6 cm³/mol. The fraction of sp³-hybridized carbons (Fsp3) is 0.167. The first-order valence-electron chi connectivity index (χ1n) is 7.58. The number of rotatable bonds is 2. The molecule has 0 saturated heterocycles. The molecule has 5 nitrogen and oxygen atoms in total. The Morgan fingerprint density at radius 2 is 2.26 bits per heavy atom. The minimum atomic E-state index is -0.0672. The van der Waals surface area contributed by atoms with Crippen LogP contribution in [0.2, 0.25) is 0 Å². The van der Waals surface area contributed by atoms with Crippen molar-refractivity contribution in [3.8, 4) is 0 Å². The third kappa shape index (κ3) is 2.40. The summed E-state index contributed by atoms with van der Waals surface area (Å²) in [7, 11) is 0. The number of anilines is 1. The molecule has 0 bridgehead atoms. The quantitative estimate of drug-likeness (QED) is 0.684. The van der Waals surface area contributed by atoms with E-state index in [9.17, 15) is 4.79 Å². The molecule has 23 heavy (non-hydrogen) atoms. The van der Waals surface area contributed by atoms with Crippen LogP contribution in [-0.4, -0.2) is 34.6 Å². The molecule has 1 aromatic heterocycles. The van der Waals surface area contributed by atoms with Crippen molar-refractivity contribution in [3.63, 3.8) is 0 Å². The van der Waals surface area contributed by atoms with Crippen LogP contribution in [0.4, 0.5) is 5.69 Å². The number of fused-ring (bicyclic) bond motifs is 3. The SMILES string of the molecule is Cc1ccc2c(c1)C1=NCCN1/C(=C/C(=O)c1cccnc1)N2. The topological polar surface area (TPSA) is 57.6 Å². The maximum atomic E-state index is 12.4. The van der Waals surface area contributed by atoms with Crippen molar-refractivity contribution in [1.29, 1.82) is 0 Å². The van der Waals surface area contributed by atoms with Crippen LogP contribution in [0.3, 0.4) is 0 Å². The van der Waals surface area contributed by atoms with E-state index < -0.39 is 0 Å². The summed E-state index contributed by atoms with van der Waals surface area (Å²) >= 11 is 0. The zero-order valence-corrected chi connectivity index (χ0v) is 12.8. The van der Waals surface area contributed by atoms with Gasteiger partial charge in [-0.25, -0.2) is 0 Å². The monoisotopic (exact) mass is 304 g/mol. The lowest BCUT2D eigenvalue weighted by Gasteiger charge is -2.31. The van der Waals surface area contributed by atoms with E-state index in [0.29, 0.717) is 5.56 Å². The van der Waals surface area contributed by atoms with Gasteiger partial charge in [-0.15, -0.1) is 0 Å². The average Bonchev–Trinajstić information content (AvgIpc) is 3.06. The molecule has 0 saturated carbocycles. The van der Waals surface area contributed by atoms with Crippen molar-refractivity contribution in [3.05, 3.63) is 71.3 Å². The molecule has 2 aliphatic heterocycles. The van der Waals surface area contributed by atoms with Gasteiger partial charge in [0.1, 0.15) is 11.7 Å². The first kappa shape index (κ1) is 13.7. The molecule has 1 aromatic carbocycles. The Bertz CT molecular complexity index is 839. The van der Waals surface area contributed by atoms with Crippen molar-refractivity contribution >= 4 is 17.3 Å². The number of amidine groups is 1. The maximum Gasteiger partial charge on any atom is 0.191 e. The van der Waals surface area contributed by atoms with Gasteiger partial charge in [0.05, 0.1) is 12.2 Å². The fourth-order valence-electron chi connectivity index (χ4n) is 2.90. The number of hydrogen-bond donors (Lipinski definition) is 1. The minimum Gasteiger partial charge on any atom is -0.341 e. The molecule has 2 aliphatic rings. The highest BCUT2D eigenvalue weighted by Crippen LogP contribution is 2.30. The number of allylic oxidation sites excluding steroid dienone is 1. The Morgan fingerprint density at radius 1 is 1.35 bits per heavy atom. The number of nitrogens with one attached hydrogen (secondary N) is 1. The Morgan fingerprint density at radius 3 is 3.09 bits per heavy atom. The molecule has 0 radical (unpaired) electrons. The van der Waals surface area contributed by atoms with Crippen LogP contribution in [0.15, 0.2) is 59.6 Å². The number of pyridine rings is 1. The van der Waals surface area contributed by atoms with Crippen LogP contribution >= 0.6 is 0 Å². The molecular formula is C18H16N4O. The van der Waals surface area contributed by atoms with Crippen LogP contribution in [-0.2, 0) is 0 Å². The molecule has 2 aromatic rings. The Balaban J connectivity index is 1.74. The highest BCUT2D eigenvalue weighted by molar-refractivity contribution is 6.10. The van der Waals surface area contributed by atoms with Crippen molar-refractivity contribution in [1.82, 2.24) is 9.88 Å². The third-order valence-corrected chi connectivity index (χ3v) is 4.02. The van der Waals surface area contributed by atoms with Crippen LogP contribution < -0.4 is 5.32 Å². The van der Waals surface area contributed by atoms with Gasteiger partial charge in [0.2, 0.25) is 0 Å². The number of ketones is 1. The number of hydrogen-bond acceptors (Lipinski definition) is 5. The van der Waals surface area contributed by atoms with Gasteiger partial charge < -0.3 is 10.2 Å². The van der Waals surface area contributed by atoms with E-state index in [-0.39, 0.29) is 5.78 Å². The molecule has 3 heterocycles. The summed E-state index contributed by atoms with van der Waals surface area (Å²) in [5.74, 6) is 1.64. The van der Waals surface area contributed by atoms with Crippen molar-refractivity contribution in [2.24, 2.45) is 4.99 Å². The molecule has 114 valence electrons. The summed E-state index contributed by atoms with van der Waals surface area (Å²) in [5, 5.41) is 3.36. The summed E-state index contributed by atoms with van der Waals surface area (Å²) in [6.07, 6.45) is 4.87. The molecular weight excluding hydrogens is 288 g/mol. The standard InChI is InChI=1S/C18H16N4O/c1-12-4-5-15-14(9-12)18-20-7-8-22(18)17(21-15)10-16(23)13-3-2-6-19-11-13/h2-6,9-11,21H,7-8H2,1H3/b17-10+. The zero-order valence-electron chi connectivity index (χ0n) is 12.8. The number of aliphatic imine (C=N–C) groups is 1. The third-order valence-electron chi connectivity index (χ3n) is 4.02. The zero-order chi connectivity index (χ0) is 15.8. The van der Waals surface area contributed by atoms with Crippen LogP contribution in [0.25, 0.3) is 0 Å². The number of aromatic nitrogens is 1. The molecule has 0 spiro atoms. The van der Waals surface area contributed by atoms with E-state index in [1.54, 1.807) is 30.6 Å². The minimum absolute atomic E-state index is 0.0672. The fourth-order valence-corrected chi connectivity index (χ4v) is 2.90. The first-order chi connectivity index (χ1) is 11.2. The van der Waals surface area contributed by atoms with Gasteiger partial charge in [0.25, 0.3) is 0 Å². The Kier molecular flexibility index (Phi) is 3.19. The molecule has 0 unspecified atom stereocenters. The van der Waals surface area contributed by atoms with Gasteiger partial charge in [-0.1, -0.05) is 11.6 Å². The van der Waals surface area contributed by atoms with E-state index in [1.165, 1.54) is 5.56 Å². The molecule has 4 rings (SSSR count). The normalized spacial score (nSPS) is 17.3. The van der Waals surface area contributed by atoms with E-state index in [1.807, 2.05) is 6.07 Å². The Labute approximate surface area is 134 Å². The van der Waals surface area contributed by atoms with Gasteiger partial charge in [-0.3, -0.25) is 14.8 Å². The average molecular weight is 304 g/mol. The van der Waals surface area contributed by atoms with E-state index in [4.69, 9.17) is 0 Å². The highest BCUT2D eigenvalue weighted by atomic mass is 16.1. The summed E-state index contributed by atoms with van der Waals surface area (Å²) in [6.45, 7) is 3.59. The van der Waals surface area contributed by atoms with Gasteiger partial charge in [-0.05, 0) is 31.2 Å². The maximum absolute atomic E-state index is 12.4. The number of carbonyl (C=O) groups is 1. The molecule has 0 atom stereocenters. The van der Waals surface area contributed by atoms with E-state index in [0.717, 1.165) is 36.0 Å². The molecule has 5 heteroatoms. The summed E-state index contributed by atoms with van der Waals surface area (Å²) in [5.41, 5.74) is 3.85. The van der Waals surface area contributed by atoms with Crippen molar-refractivity contribution in [2.45, 2.75) is 6.92 Å². The summed E-state index contributed by atoms with van der Waals surface area (Å²) < 4.78 is 0. The second-order valence-corrected chi connectivity index (χ2v) is 5.67. The van der Waals surface area contributed by atoms with Crippen molar-refractivity contribution < 1.29 is 4.79 Å². The lowest BCUT2D eigenvalue weighted by molar-refractivity contribution is 0.104. The largest absolute Gasteiger partial charge is 0.341 e. The second-order valence-electron chi connectivity index (χ2n) is 5.67. The number of nitrogens with zero attached hydrogens (tertiary/aromatic N) is 3. The summed E-state index contributed by atoms with van der Waals surface area (Å²) in [4.78, 5) is 23.1. The number of carbonyl (C=O) groups excluding carboxylic acids is 1. The molecule has 0 amide bonds. The number of aryl methyl sites for hydroxylation is 1. The molecule has 1 N–H and O–H groups in total. The lowest BCUT2D eigenvalue weighted by atomic mass is 10.0. The van der Waals surface area contributed by atoms with Crippen molar-refractivity contribution in [2.75, 3.05) is 18.4 Å². The number of benzene rings is 1. The van der Waals surface area contributed by atoms with Crippen LogP contribution in [0, 0.1) is 6.92 Å². The predicted octanol–water partition coefficient (Wildman–Crippen LogP) is 2.60. The van der Waals surface area contributed by atoms with Gasteiger partial charge in [0.15, 0.2) is 5.78 Å². The first-order valence-corrected chi connectivity index (χ1v) is 7.58. The van der Waals surface area contributed by atoms with Crippen LogP contribution in [0.5, 0.6) is 0 Å². The molecule has 0 fully saturated rings. The van der Waals surface area contributed by atoms with Gasteiger partial charge in [0, 0.05) is 36.1 Å².